The number of hydrogen-bond donors (Lipinski definition) is 1. The Hall–Kier alpha value is -3.00. The smallest absolute Gasteiger partial charge is 0.406 e. The number of ether oxygens (including phenoxy) is 1. The first-order valence-electron chi connectivity index (χ1n) is 8.23. The Bertz CT molecular complexity index is 1030. The maximum absolute atomic E-state index is 12.5. The molecule has 0 aliphatic heterocycles. The number of nitrogens with one attached hydrogen (secondary N) is 1. The molecule has 4 nitrogen and oxygen atoms in total. The maximum atomic E-state index is 12.5. The molecule has 0 bridgehead atoms. The summed E-state index contributed by atoms with van der Waals surface area (Å²) in [5.74, 6) is -0.490. The third-order valence-corrected chi connectivity index (χ3v) is 5.20. The van der Waals surface area contributed by atoms with E-state index in [4.69, 9.17) is 0 Å². The Kier molecular flexibility index (Phi) is 5.60. The van der Waals surface area contributed by atoms with Crippen molar-refractivity contribution in [3.63, 3.8) is 0 Å². The lowest BCUT2D eigenvalue weighted by molar-refractivity contribution is -0.274. The Morgan fingerprint density at radius 2 is 1.46 bits per heavy atom. The zero-order chi connectivity index (χ0) is 20.2. The summed E-state index contributed by atoms with van der Waals surface area (Å²) in [6.45, 7) is 0. The van der Waals surface area contributed by atoms with E-state index in [0.29, 0.717) is 12.1 Å². The number of anilines is 1. The van der Waals surface area contributed by atoms with Gasteiger partial charge in [-0.1, -0.05) is 42.5 Å². The maximum Gasteiger partial charge on any atom is 0.573 e. The number of rotatable bonds is 6. The highest BCUT2D eigenvalue weighted by Crippen LogP contribution is 2.25. The summed E-state index contributed by atoms with van der Waals surface area (Å²) >= 11 is 0. The summed E-state index contributed by atoms with van der Waals surface area (Å²) < 4.78 is 67.8. The van der Waals surface area contributed by atoms with E-state index in [-0.39, 0.29) is 4.90 Å². The largest absolute Gasteiger partial charge is 0.573 e. The first-order valence-corrected chi connectivity index (χ1v) is 9.71. The highest BCUT2D eigenvalue weighted by molar-refractivity contribution is 7.92. The van der Waals surface area contributed by atoms with Crippen molar-refractivity contribution in [2.24, 2.45) is 0 Å². The lowest BCUT2D eigenvalue weighted by Crippen LogP contribution is -2.17. The van der Waals surface area contributed by atoms with Crippen molar-refractivity contribution in [1.29, 1.82) is 0 Å². The van der Waals surface area contributed by atoms with Gasteiger partial charge < -0.3 is 4.74 Å². The number of alkyl halides is 3. The van der Waals surface area contributed by atoms with Gasteiger partial charge in [0.2, 0.25) is 0 Å². The molecule has 0 atom stereocenters. The van der Waals surface area contributed by atoms with Gasteiger partial charge in [0.1, 0.15) is 5.75 Å². The Labute approximate surface area is 160 Å². The molecule has 0 spiro atoms. The molecule has 3 aromatic carbocycles. The van der Waals surface area contributed by atoms with Gasteiger partial charge in [-0.3, -0.25) is 4.72 Å². The Morgan fingerprint density at radius 3 is 2.11 bits per heavy atom. The van der Waals surface area contributed by atoms with Crippen molar-refractivity contribution in [3.8, 4) is 5.75 Å². The molecule has 0 fully saturated rings. The second kappa shape index (κ2) is 7.93. The SMILES string of the molecule is O=S(=O)(Nc1cccc(Cc2ccccc2)c1)c1ccc(OC(F)(F)F)cc1. The second-order valence-electron chi connectivity index (χ2n) is 5.99. The summed E-state index contributed by atoms with van der Waals surface area (Å²) in [4.78, 5) is -0.171. The predicted octanol–water partition coefficient (Wildman–Crippen LogP) is 4.98. The lowest BCUT2D eigenvalue weighted by Gasteiger charge is -2.11. The third kappa shape index (κ3) is 5.50. The van der Waals surface area contributed by atoms with Gasteiger partial charge in [-0.2, -0.15) is 0 Å². The zero-order valence-corrected chi connectivity index (χ0v) is 15.3. The van der Waals surface area contributed by atoms with Crippen LogP contribution in [-0.4, -0.2) is 14.8 Å². The van der Waals surface area contributed by atoms with Crippen molar-refractivity contribution in [2.75, 3.05) is 4.72 Å². The van der Waals surface area contributed by atoms with E-state index in [9.17, 15) is 21.6 Å². The molecule has 0 unspecified atom stereocenters. The molecule has 146 valence electrons. The van der Waals surface area contributed by atoms with E-state index in [1.54, 1.807) is 18.2 Å². The molecule has 3 aromatic rings. The van der Waals surface area contributed by atoms with Crippen LogP contribution in [0, 0.1) is 0 Å². The second-order valence-corrected chi connectivity index (χ2v) is 7.67. The van der Waals surface area contributed by atoms with Crippen LogP contribution in [0.25, 0.3) is 0 Å². The van der Waals surface area contributed by atoms with E-state index in [1.807, 2.05) is 36.4 Å². The van der Waals surface area contributed by atoms with E-state index in [1.165, 1.54) is 0 Å². The van der Waals surface area contributed by atoms with Crippen LogP contribution in [0.4, 0.5) is 18.9 Å². The molecule has 0 saturated heterocycles. The van der Waals surface area contributed by atoms with Gasteiger partial charge >= 0.3 is 6.36 Å². The first-order chi connectivity index (χ1) is 13.2. The minimum Gasteiger partial charge on any atom is -0.406 e. The van der Waals surface area contributed by atoms with Gasteiger partial charge in [0, 0.05) is 5.69 Å². The molecule has 0 aliphatic rings. The highest BCUT2D eigenvalue weighted by Gasteiger charge is 2.31. The normalized spacial score (nSPS) is 11.8. The van der Waals surface area contributed by atoms with Crippen LogP contribution in [0.15, 0.2) is 83.8 Å². The van der Waals surface area contributed by atoms with Crippen LogP contribution >= 0.6 is 0 Å². The van der Waals surface area contributed by atoms with Crippen LogP contribution in [0.5, 0.6) is 5.75 Å². The fourth-order valence-electron chi connectivity index (χ4n) is 2.61. The summed E-state index contributed by atoms with van der Waals surface area (Å²) in [6.07, 6.45) is -4.20. The van der Waals surface area contributed by atoms with E-state index < -0.39 is 22.1 Å². The van der Waals surface area contributed by atoms with Crippen LogP contribution in [0.3, 0.4) is 0 Å². The van der Waals surface area contributed by atoms with E-state index in [2.05, 4.69) is 9.46 Å². The van der Waals surface area contributed by atoms with Crippen LogP contribution < -0.4 is 9.46 Å². The van der Waals surface area contributed by atoms with Gasteiger partial charge in [-0.05, 0) is 53.9 Å². The number of hydrogen-bond acceptors (Lipinski definition) is 3. The summed E-state index contributed by atoms with van der Waals surface area (Å²) in [5, 5.41) is 0. The third-order valence-electron chi connectivity index (χ3n) is 3.80. The molecule has 0 saturated carbocycles. The van der Waals surface area contributed by atoms with Gasteiger partial charge in [-0.15, -0.1) is 13.2 Å². The van der Waals surface area contributed by atoms with E-state index in [0.717, 1.165) is 35.4 Å². The molecule has 28 heavy (non-hydrogen) atoms. The molecule has 1 N–H and O–H groups in total. The van der Waals surface area contributed by atoms with Crippen molar-refractivity contribution in [3.05, 3.63) is 90.0 Å². The molecule has 8 heteroatoms. The number of halogens is 3. The van der Waals surface area contributed by atoms with E-state index >= 15 is 0 Å². The first kappa shape index (κ1) is 19.8. The standard InChI is InChI=1S/C20H16F3NO3S/c21-20(22,23)27-18-9-11-19(12-10-18)28(25,26)24-17-8-4-7-16(14-17)13-15-5-2-1-3-6-15/h1-12,14,24H,13H2. The average Bonchev–Trinajstić information content (AvgIpc) is 2.61. The lowest BCUT2D eigenvalue weighted by atomic mass is 10.0. The summed E-state index contributed by atoms with van der Waals surface area (Å²) in [5.41, 5.74) is 2.37. The minimum atomic E-state index is -4.84. The van der Waals surface area contributed by atoms with Crippen LogP contribution in [0.1, 0.15) is 11.1 Å². The van der Waals surface area contributed by atoms with Gasteiger partial charge in [-0.25, -0.2) is 8.42 Å². The van der Waals surface area contributed by atoms with Crippen LogP contribution in [0.2, 0.25) is 0 Å². The number of benzene rings is 3. The predicted molar refractivity (Wildman–Crippen MR) is 99.6 cm³/mol. The molecule has 0 radical (unpaired) electrons. The molecular formula is C20H16F3NO3S. The van der Waals surface area contributed by atoms with Gasteiger partial charge in [0.05, 0.1) is 4.90 Å². The van der Waals surface area contributed by atoms with Crippen molar-refractivity contribution < 1.29 is 26.3 Å². The van der Waals surface area contributed by atoms with Gasteiger partial charge in [0.25, 0.3) is 10.0 Å². The fourth-order valence-corrected chi connectivity index (χ4v) is 3.66. The Morgan fingerprint density at radius 1 is 0.821 bits per heavy atom. The summed E-state index contributed by atoms with van der Waals surface area (Å²) in [7, 11) is -3.95. The minimum absolute atomic E-state index is 0.171. The molecule has 0 amide bonds. The van der Waals surface area contributed by atoms with Crippen molar-refractivity contribution in [1.82, 2.24) is 0 Å². The molecule has 0 heterocycles. The number of sulfonamides is 1. The molecule has 3 rings (SSSR count). The molecule has 0 aromatic heterocycles. The summed E-state index contributed by atoms with van der Waals surface area (Å²) in [6, 6.07) is 20.7. The zero-order valence-electron chi connectivity index (χ0n) is 14.5. The monoisotopic (exact) mass is 407 g/mol. The van der Waals surface area contributed by atoms with Crippen molar-refractivity contribution in [2.45, 2.75) is 17.7 Å². The Balaban J connectivity index is 1.74. The molecule has 0 aliphatic carbocycles. The average molecular weight is 407 g/mol. The fraction of sp³-hybridized carbons (Fsp3) is 0.100. The van der Waals surface area contributed by atoms with Crippen LogP contribution in [-0.2, 0) is 16.4 Å². The topological polar surface area (TPSA) is 55.4 Å². The van der Waals surface area contributed by atoms with Crippen molar-refractivity contribution >= 4 is 15.7 Å². The molecular weight excluding hydrogens is 391 g/mol. The highest BCUT2D eigenvalue weighted by atomic mass is 32.2. The van der Waals surface area contributed by atoms with Gasteiger partial charge in [0.15, 0.2) is 0 Å². The quantitative estimate of drug-likeness (QED) is 0.627.